The van der Waals surface area contributed by atoms with Crippen LogP contribution in [-0.2, 0) is 0 Å². The molecule has 0 aromatic carbocycles. The second kappa shape index (κ2) is 10.9. The molecule has 0 saturated heterocycles. The first kappa shape index (κ1) is 18.0. The highest BCUT2D eigenvalue weighted by atomic mass is 14.3. The maximum absolute atomic E-state index is 2.49. The van der Waals surface area contributed by atoms with Crippen molar-refractivity contribution >= 4 is 0 Å². The second-order valence-electron chi connectivity index (χ2n) is 6.61. The molecule has 0 nitrogen and oxygen atoms in total. The number of unbranched alkanes of at least 4 members (excludes halogenated alkanes) is 2. The van der Waals surface area contributed by atoms with Gasteiger partial charge in [-0.3, -0.25) is 0 Å². The summed E-state index contributed by atoms with van der Waals surface area (Å²) in [6, 6.07) is 0. The average Bonchev–Trinajstić information content (AvgIpc) is 2.36. The maximum Gasteiger partial charge on any atom is -0.0391 e. The quantitative estimate of drug-likeness (QED) is 0.360. The minimum atomic E-state index is 0.894. The zero-order chi connectivity index (χ0) is 14.0. The molecule has 0 spiro atoms. The zero-order valence-corrected chi connectivity index (χ0v) is 14.0. The minimum Gasteiger partial charge on any atom is -0.0654 e. The van der Waals surface area contributed by atoms with Crippen molar-refractivity contribution in [3.63, 3.8) is 0 Å². The van der Waals surface area contributed by atoms with Gasteiger partial charge in [0.2, 0.25) is 0 Å². The SMILES string of the molecule is CCCCCC(CC)CC(C)C(C)C(C)CCC. The molecule has 0 fully saturated rings. The first-order valence-corrected chi connectivity index (χ1v) is 8.56. The fourth-order valence-electron chi connectivity index (χ4n) is 3.19. The van der Waals surface area contributed by atoms with Crippen LogP contribution in [0.25, 0.3) is 0 Å². The molecule has 18 heavy (non-hydrogen) atoms. The molecule has 0 heteroatoms. The Kier molecular flexibility index (Phi) is 10.9. The summed E-state index contributed by atoms with van der Waals surface area (Å²) in [6.07, 6.45) is 11.3. The highest BCUT2D eigenvalue weighted by Crippen LogP contribution is 2.31. The Bertz CT molecular complexity index is 173. The first-order valence-electron chi connectivity index (χ1n) is 8.56. The number of hydrogen-bond acceptors (Lipinski definition) is 0. The Morgan fingerprint density at radius 3 is 1.89 bits per heavy atom. The van der Waals surface area contributed by atoms with Gasteiger partial charge in [0.15, 0.2) is 0 Å². The van der Waals surface area contributed by atoms with E-state index in [1.807, 2.05) is 0 Å². The molecule has 0 aromatic heterocycles. The van der Waals surface area contributed by atoms with Crippen molar-refractivity contribution in [3.05, 3.63) is 0 Å². The summed E-state index contributed by atoms with van der Waals surface area (Å²) in [5.41, 5.74) is 0. The van der Waals surface area contributed by atoms with Crippen molar-refractivity contribution in [2.24, 2.45) is 23.7 Å². The maximum atomic E-state index is 2.49. The highest BCUT2D eigenvalue weighted by molar-refractivity contribution is 4.71. The van der Waals surface area contributed by atoms with E-state index in [0.717, 1.165) is 23.7 Å². The fourth-order valence-corrected chi connectivity index (χ4v) is 3.19. The van der Waals surface area contributed by atoms with Crippen LogP contribution in [0.15, 0.2) is 0 Å². The fraction of sp³-hybridized carbons (Fsp3) is 1.00. The Labute approximate surface area is 117 Å². The van der Waals surface area contributed by atoms with Crippen LogP contribution in [0, 0.1) is 23.7 Å². The van der Waals surface area contributed by atoms with Gasteiger partial charge < -0.3 is 0 Å². The predicted molar refractivity (Wildman–Crippen MR) is 84.9 cm³/mol. The first-order chi connectivity index (χ1) is 8.56. The molecule has 0 bridgehead atoms. The molecule has 0 aliphatic heterocycles. The summed E-state index contributed by atoms with van der Waals surface area (Å²) in [7, 11) is 0. The van der Waals surface area contributed by atoms with Crippen molar-refractivity contribution in [2.45, 2.75) is 92.9 Å². The van der Waals surface area contributed by atoms with Gasteiger partial charge in [-0.25, -0.2) is 0 Å². The third-order valence-electron chi connectivity index (χ3n) is 5.04. The molecule has 4 unspecified atom stereocenters. The lowest BCUT2D eigenvalue weighted by atomic mass is 9.77. The summed E-state index contributed by atoms with van der Waals surface area (Å²) >= 11 is 0. The van der Waals surface area contributed by atoms with E-state index in [2.05, 4.69) is 41.5 Å². The van der Waals surface area contributed by atoms with E-state index in [0.29, 0.717) is 0 Å². The Morgan fingerprint density at radius 1 is 0.722 bits per heavy atom. The van der Waals surface area contributed by atoms with Crippen molar-refractivity contribution < 1.29 is 0 Å². The number of hydrogen-bond donors (Lipinski definition) is 0. The Balaban J connectivity index is 4.03. The van der Waals surface area contributed by atoms with E-state index < -0.39 is 0 Å². The summed E-state index contributed by atoms with van der Waals surface area (Å²) in [4.78, 5) is 0. The van der Waals surface area contributed by atoms with E-state index >= 15 is 0 Å². The van der Waals surface area contributed by atoms with Crippen molar-refractivity contribution in [2.75, 3.05) is 0 Å². The van der Waals surface area contributed by atoms with Gasteiger partial charge in [-0.05, 0) is 30.1 Å². The lowest BCUT2D eigenvalue weighted by Crippen LogP contribution is -2.19. The van der Waals surface area contributed by atoms with Crippen LogP contribution in [0.2, 0.25) is 0 Å². The van der Waals surface area contributed by atoms with Gasteiger partial charge in [-0.1, -0.05) is 86.5 Å². The molecule has 0 saturated carbocycles. The van der Waals surface area contributed by atoms with Crippen LogP contribution in [0.5, 0.6) is 0 Å². The van der Waals surface area contributed by atoms with Crippen LogP contribution in [0.1, 0.15) is 92.9 Å². The molecule has 110 valence electrons. The summed E-state index contributed by atoms with van der Waals surface area (Å²) in [6.45, 7) is 14.4. The summed E-state index contributed by atoms with van der Waals surface area (Å²) < 4.78 is 0. The molecular weight excluding hydrogens is 216 g/mol. The second-order valence-corrected chi connectivity index (χ2v) is 6.61. The zero-order valence-electron chi connectivity index (χ0n) is 14.0. The predicted octanol–water partition coefficient (Wildman–Crippen LogP) is 6.69. The van der Waals surface area contributed by atoms with Crippen LogP contribution in [0.4, 0.5) is 0 Å². The molecule has 0 rings (SSSR count). The van der Waals surface area contributed by atoms with Crippen LogP contribution in [-0.4, -0.2) is 0 Å². The Morgan fingerprint density at radius 2 is 1.39 bits per heavy atom. The van der Waals surface area contributed by atoms with Crippen molar-refractivity contribution in [1.29, 1.82) is 0 Å². The van der Waals surface area contributed by atoms with Crippen LogP contribution in [0.3, 0.4) is 0 Å². The summed E-state index contributed by atoms with van der Waals surface area (Å²) in [5, 5.41) is 0. The Hall–Kier alpha value is 0. The van der Waals surface area contributed by atoms with Gasteiger partial charge >= 0.3 is 0 Å². The lowest BCUT2D eigenvalue weighted by molar-refractivity contribution is 0.217. The van der Waals surface area contributed by atoms with Gasteiger partial charge in [-0.15, -0.1) is 0 Å². The molecule has 0 aromatic rings. The molecule has 0 N–H and O–H groups in total. The van der Waals surface area contributed by atoms with Gasteiger partial charge in [0.1, 0.15) is 0 Å². The van der Waals surface area contributed by atoms with Crippen LogP contribution < -0.4 is 0 Å². The molecular formula is C18H38. The lowest BCUT2D eigenvalue weighted by Gasteiger charge is -2.29. The number of rotatable bonds is 11. The van der Waals surface area contributed by atoms with Gasteiger partial charge in [0.25, 0.3) is 0 Å². The average molecular weight is 255 g/mol. The van der Waals surface area contributed by atoms with E-state index in [-0.39, 0.29) is 0 Å². The van der Waals surface area contributed by atoms with Crippen molar-refractivity contribution in [3.8, 4) is 0 Å². The minimum absolute atomic E-state index is 0.894. The topological polar surface area (TPSA) is 0 Å². The smallest absolute Gasteiger partial charge is 0.0391 e. The molecule has 0 radical (unpaired) electrons. The van der Waals surface area contributed by atoms with Gasteiger partial charge in [-0.2, -0.15) is 0 Å². The molecule has 0 heterocycles. The molecule has 0 aliphatic rings. The monoisotopic (exact) mass is 254 g/mol. The molecule has 4 atom stereocenters. The van der Waals surface area contributed by atoms with Crippen molar-refractivity contribution in [1.82, 2.24) is 0 Å². The molecule has 0 aliphatic carbocycles. The third-order valence-corrected chi connectivity index (χ3v) is 5.04. The van der Waals surface area contributed by atoms with E-state index in [9.17, 15) is 0 Å². The third kappa shape index (κ3) is 7.44. The highest BCUT2D eigenvalue weighted by Gasteiger charge is 2.21. The van der Waals surface area contributed by atoms with Gasteiger partial charge in [0.05, 0.1) is 0 Å². The standard InChI is InChI=1S/C18H38/c1-7-10-11-13-18(9-3)14-16(5)17(6)15(4)12-8-2/h15-18H,7-14H2,1-6H3. The molecule has 0 amide bonds. The van der Waals surface area contributed by atoms with Gasteiger partial charge in [0, 0.05) is 0 Å². The van der Waals surface area contributed by atoms with E-state index in [1.54, 1.807) is 0 Å². The van der Waals surface area contributed by atoms with E-state index in [1.165, 1.54) is 51.4 Å². The summed E-state index contributed by atoms with van der Waals surface area (Å²) in [5.74, 6) is 3.67. The van der Waals surface area contributed by atoms with Crippen LogP contribution >= 0.6 is 0 Å². The largest absolute Gasteiger partial charge is 0.0654 e. The van der Waals surface area contributed by atoms with E-state index in [4.69, 9.17) is 0 Å². The normalized spacial score (nSPS) is 18.3.